The number of rotatable bonds is 9. The smallest absolute Gasteiger partial charge is 0.310 e. The SMILES string of the molecule is CCOC(=O)Cc1ccc(OC)c(Oc2ccc(NC(=O)c3cccnc3)cc2CS)c1. The molecule has 3 rings (SSSR count). The fourth-order valence-corrected chi connectivity index (χ4v) is 3.24. The van der Waals surface area contributed by atoms with Gasteiger partial charge in [-0.25, -0.2) is 0 Å². The number of methoxy groups -OCH3 is 1. The highest BCUT2D eigenvalue weighted by Crippen LogP contribution is 2.35. The molecule has 2 aromatic carbocycles. The van der Waals surface area contributed by atoms with Gasteiger partial charge < -0.3 is 19.5 Å². The Morgan fingerprint density at radius 3 is 2.56 bits per heavy atom. The molecule has 7 nitrogen and oxygen atoms in total. The standard InChI is InChI=1S/C24H24N2O5S/c1-3-30-23(27)12-16-6-8-21(29-2)22(11-16)31-20-9-7-19(13-18(20)15-32)26-24(28)17-5-4-10-25-14-17/h4-11,13-14,32H,3,12,15H2,1-2H3,(H,26,28). The van der Waals surface area contributed by atoms with Crippen LogP contribution in [0.15, 0.2) is 60.9 Å². The summed E-state index contributed by atoms with van der Waals surface area (Å²) in [6.07, 6.45) is 3.24. The first kappa shape index (κ1) is 23.1. The Kier molecular flexibility index (Phi) is 8.10. The first-order valence-electron chi connectivity index (χ1n) is 9.99. The van der Waals surface area contributed by atoms with E-state index in [1.165, 1.54) is 6.20 Å². The molecule has 32 heavy (non-hydrogen) atoms. The number of pyridine rings is 1. The van der Waals surface area contributed by atoms with E-state index in [4.69, 9.17) is 14.2 Å². The Labute approximate surface area is 192 Å². The minimum atomic E-state index is -0.312. The number of thiol groups is 1. The van der Waals surface area contributed by atoms with Crippen LogP contribution in [0.5, 0.6) is 17.2 Å². The number of amides is 1. The minimum absolute atomic E-state index is 0.132. The Morgan fingerprint density at radius 1 is 1.06 bits per heavy atom. The molecular weight excluding hydrogens is 428 g/mol. The van der Waals surface area contributed by atoms with E-state index in [2.05, 4.69) is 22.9 Å². The molecule has 0 saturated heterocycles. The van der Waals surface area contributed by atoms with Gasteiger partial charge in [0, 0.05) is 29.4 Å². The molecule has 0 aliphatic heterocycles. The molecule has 1 N–H and O–H groups in total. The van der Waals surface area contributed by atoms with Crippen LogP contribution in [0, 0.1) is 0 Å². The van der Waals surface area contributed by atoms with Crippen molar-refractivity contribution in [3.8, 4) is 17.2 Å². The molecule has 0 fully saturated rings. The van der Waals surface area contributed by atoms with Crippen molar-refractivity contribution in [3.05, 3.63) is 77.6 Å². The van der Waals surface area contributed by atoms with Crippen LogP contribution < -0.4 is 14.8 Å². The highest BCUT2D eigenvalue weighted by atomic mass is 32.1. The summed E-state index contributed by atoms with van der Waals surface area (Å²) in [6.45, 7) is 2.09. The van der Waals surface area contributed by atoms with Crippen LogP contribution in [0.1, 0.15) is 28.4 Å². The molecule has 0 saturated carbocycles. The molecule has 3 aromatic rings. The van der Waals surface area contributed by atoms with Gasteiger partial charge in [-0.3, -0.25) is 14.6 Å². The van der Waals surface area contributed by atoms with Gasteiger partial charge in [0.1, 0.15) is 5.75 Å². The molecule has 0 aliphatic carbocycles. The van der Waals surface area contributed by atoms with Crippen molar-refractivity contribution in [2.75, 3.05) is 19.0 Å². The predicted octanol–water partition coefficient (Wildman–Crippen LogP) is 4.67. The third-order valence-corrected chi connectivity index (χ3v) is 4.85. The van der Waals surface area contributed by atoms with Crippen molar-refractivity contribution in [1.29, 1.82) is 0 Å². The first-order chi connectivity index (χ1) is 15.5. The zero-order valence-corrected chi connectivity index (χ0v) is 18.7. The summed E-state index contributed by atoms with van der Waals surface area (Å²) in [6, 6.07) is 14.0. The average Bonchev–Trinajstić information content (AvgIpc) is 2.81. The molecule has 0 bridgehead atoms. The van der Waals surface area contributed by atoms with Gasteiger partial charge in [-0.15, -0.1) is 0 Å². The Balaban J connectivity index is 1.81. The number of esters is 1. The maximum absolute atomic E-state index is 12.4. The lowest BCUT2D eigenvalue weighted by atomic mass is 10.1. The zero-order chi connectivity index (χ0) is 22.9. The van der Waals surface area contributed by atoms with E-state index in [-0.39, 0.29) is 18.3 Å². The molecule has 166 valence electrons. The maximum atomic E-state index is 12.4. The van der Waals surface area contributed by atoms with Gasteiger partial charge in [0.2, 0.25) is 0 Å². The fraction of sp³-hybridized carbons (Fsp3) is 0.208. The predicted molar refractivity (Wildman–Crippen MR) is 125 cm³/mol. The molecule has 1 amide bonds. The van der Waals surface area contributed by atoms with Crippen LogP contribution in [-0.4, -0.2) is 30.6 Å². The van der Waals surface area contributed by atoms with Gasteiger partial charge in [0.15, 0.2) is 11.5 Å². The monoisotopic (exact) mass is 452 g/mol. The van der Waals surface area contributed by atoms with E-state index >= 15 is 0 Å². The van der Waals surface area contributed by atoms with E-state index in [1.807, 2.05) is 0 Å². The van der Waals surface area contributed by atoms with Gasteiger partial charge in [-0.1, -0.05) is 6.07 Å². The number of ether oxygens (including phenoxy) is 3. The lowest BCUT2D eigenvalue weighted by Crippen LogP contribution is -2.12. The molecule has 0 aliphatic rings. The van der Waals surface area contributed by atoms with Gasteiger partial charge in [-0.05, 0) is 55.0 Å². The van der Waals surface area contributed by atoms with E-state index in [0.717, 1.165) is 11.1 Å². The first-order valence-corrected chi connectivity index (χ1v) is 10.6. The molecule has 8 heteroatoms. The van der Waals surface area contributed by atoms with Gasteiger partial charge in [0.05, 0.1) is 25.7 Å². The number of anilines is 1. The van der Waals surface area contributed by atoms with Crippen molar-refractivity contribution in [2.24, 2.45) is 0 Å². The summed E-state index contributed by atoms with van der Waals surface area (Å²) in [4.78, 5) is 28.2. The molecule has 1 aromatic heterocycles. The largest absolute Gasteiger partial charge is 0.493 e. The summed E-state index contributed by atoms with van der Waals surface area (Å²) in [7, 11) is 1.55. The second-order valence-electron chi connectivity index (χ2n) is 6.75. The second kappa shape index (κ2) is 11.2. The number of hydrogen-bond acceptors (Lipinski definition) is 7. The Hall–Kier alpha value is -3.52. The van der Waals surface area contributed by atoms with Crippen LogP contribution in [0.4, 0.5) is 5.69 Å². The van der Waals surface area contributed by atoms with Crippen LogP contribution in [0.3, 0.4) is 0 Å². The highest BCUT2D eigenvalue weighted by Gasteiger charge is 2.14. The Morgan fingerprint density at radius 2 is 1.88 bits per heavy atom. The summed E-state index contributed by atoms with van der Waals surface area (Å²) in [5.41, 5.74) is 2.59. The molecule has 0 radical (unpaired) electrons. The number of hydrogen-bond donors (Lipinski definition) is 2. The van der Waals surface area contributed by atoms with Crippen LogP contribution >= 0.6 is 12.6 Å². The summed E-state index contributed by atoms with van der Waals surface area (Å²) in [5.74, 6) is 1.36. The normalized spacial score (nSPS) is 10.3. The van der Waals surface area contributed by atoms with Gasteiger partial charge in [-0.2, -0.15) is 12.6 Å². The average molecular weight is 453 g/mol. The third kappa shape index (κ3) is 6.01. The molecule has 1 heterocycles. The quantitative estimate of drug-likeness (QED) is 0.362. The minimum Gasteiger partial charge on any atom is -0.493 e. The molecular formula is C24H24N2O5S. The number of nitrogens with one attached hydrogen (secondary N) is 1. The topological polar surface area (TPSA) is 86.8 Å². The lowest BCUT2D eigenvalue weighted by Gasteiger charge is -2.15. The summed E-state index contributed by atoms with van der Waals surface area (Å²) in [5, 5.41) is 2.84. The number of carbonyl (C=O) groups is 2. The number of aromatic nitrogens is 1. The zero-order valence-electron chi connectivity index (χ0n) is 17.8. The lowest BCUT2D eigenvalue weighted by molar-refractivity contribution is -0.142. The maximum Gasteiger partial charge on any atom is 0.310 e. The molecule has 0 spiro atoms. The van der Waals surface area contributed by atoms with Crippen molar-refractivity contribution in [3.63, 3.8) is 0 Å². The van der Waals surface area contributed by atoms with Crippen LogP contribution in [-0.2, 0) is 21.7 Å². The van der Waals surface area contributed by atoms with E-state index in [1.54, 1.807) is 68.8 Å². The van der Waals surface area contributed by atoms with Crippen LogP contribution in [0.25, 0.3) is 0 Å². The van der Waals surface area contributed by atoms with E-state index in [0.29, 0.717) is 40.9 Å². The number of nitrogens with zero attached hydrogens (tertiary/aromatic N) is 1. The van der Waals surface area contributed by atoms with Crippen molar-refractivity contribution < 1.29 is 23.8 Å². The summed E-state index contributed by atoms with van der Waals surface area (Å²) < 4.78 is 16.5. The van der Waals surface area contributed by atoms with Crippen molar-refractivity contribution in [2.45, 2.75) is 19.1 Å². The van der Waals surface area contributed by atoms with E-state index in [9.17, 15) is 9.59 Å². The Bertz CT molecular complexity index is 1090. The number of benzene rings is 2. The third-order valence-electron chi connectivity index (χ3n) is 4.51. The van der Waals surface area contributed by atoms with Gasteiger partial charge in [0.25, 0.3) is 5.91 Å². The van der Waals surface area contributed by atoms with Crippen molar-refractivity contribution in [1.82, 2.24) is 4.98 Å². The fourth-order valence-electron chi connectivity index (χ4n) is 2.99. The van der Waals surface area contributed by atoms with Gasteiger partial charge >= 0.3 is 5.97 Å². The highest BCUT2D eigenvalue weighted by molar-refractivity contribution is 7.79. The molecule has 0 atom stereocenters. The van der Waals surface area contributed by atoms with Crippen LogP contribution in [0.2, 0.25) is 0 Å². The molecule has 0 unspecified atom stereocenters. The summed E-state index contributed by atoms with van der Waals surface area (Å²) >= 11 is 4.40. The number of carbonyl (C=O) groups excluding carboxylic acids is 2. The van der Waals surface area contributed by atoms with E-state index < -0.39 is 0 Å². The second-order valence-corrected chi connectivity index (χ2v) is 7.06. The van der Waals surface area contributed by atoms with Crippen molar-refractivity contribution >= 4 is 30.2 Å².